The number of nitrogens with one attached hydrogen (secondary N) is 1. The summed E-state index contributed by atoms with van der Waals surface area (Å²) in [5, 5.41) is 21.5. The van der Waals surface area contributed by atoms with Gasteiger partial charge in [0.25, 0.3) is 0 Å². The van der Waals surface area contributed by atoms with Crippen LogP contribution in [-0.2, 0) is 11.2 Å². The van der Waals surface area contributed by atoms with Crippen LogP contribution in [0, 0.1) is 0 Å². The zero-order valence-corrected chi connectivity index (χ0v) is 18.6. The second-order valence-corrected chi connectivity index (χ2v) is 8.41. The van der Waals surface area contributed by atoms with E-state index >= 15 is 0 Å². The number of aromatic nitrogens is 5. The van der Waals surface area contributed by atoms with Crippen LogP contribution in [0.1, 0.15) is 11.9 Å². The van der Waals surface area contributed by atoms with Gasteiger partial charge in [-0.15, -0.1) is 20.4 Å². The standard InChI is InChI=1S/C21H20N6O2S2/c1-3-18-23-25-20(31-18)22-17(28)13-30-21-26-24-19(14-8-5-4-6-9-14)27(21)15-10-7-11-16(12-15)29-2/h4-12H,3,13H2,1-2H3,(H,22,25,28). The highest BCUT2D eigenvalue weighted by atomic mass is 32.2. The molecule has 31 heavy (non-hydrogen) atoms. The molecule has 8 nitrogen and oxygen atoms in total. The zero-order chi connectivity index (χ0) is 21.6. The van der Waals surface area contributed by atoms with Crippen LogP contribution in [0.25, 0.3) is 17.1 Å². The molecule has 10 heteroatoms. The molecule has 4 rings (SSSR count). The van der Waals surface area contributed by atoms with E-state index < -0.39 is 0 Å². The Morgan fingerprint density at radius 2 is 1.94 bits per heavy atom. The molecule has 0 aliphatic carbocycles. The van der Waals surface area contributed by atoms with Gasteiger partial charge < -0.3 is 4.74 Å². The molecular formula is C21H20N6O2S2. The Bertz CT molecular complexity index is 1180. The van der Waals surface area contributed by atoms with Crippen LogP contribution < -0.4 is 10.1 Å². The maximum absolute atomic E-state index is 12.4. The fourth-order valence-corrected chi connectivity index (χ4v) is 4.30. The van der Waals surface area contributed by atoms with Gasteiger partial charge in [0.2, 0.25) is 11.0 Å². The van der Waals surface area contributed by atoms with Crippen molar-refractivity contribution in [3.05, 3.63) is 59.6 Å². The molecule has 1 amide bonds. The Kier molecular flexibility index (Phi) is 6.58. The molecule has 158 valence electrons. The Labute approximate surface area is 187 Å². The van der Waals surface area contributed by atoms with Crippen LogP contribution in [-0.4, -0.2) is 43.7 Å². The molecule has 4 aromatic rings. The molecule has 0 spiro atoms. The lowest BCUT2D eigenvalue weighted by Crippen LogP contribution is -2.14. The fraction of sp³-hybridized carbons (Fsp3) is 0.190. The maximum atomic E-state index is 12.4. The Morgan fingerprint density at radius 3 is 2.68 bits per heavy atom. The minimum absolute atomic E-state index is 0.165. The van der Waals surface area contributed by atoms with E-state index in [1.165, 1.54) is 23.1 Å². The second-order valence-electron chi connectivity index (χ2n) is 6.40. The van der Waals surface area contributed by atoms with Gasteiger partial charge in [-0.25, -0.2) is 0 Å². The summed E-state index contributed by atoms with van der Waals surface area (Å²) in [6.45, 7) is 2.00. The number of carbonyl (C=O) groups excluding carboxylic acids is 1. The third-order valence-electron chi connectivity index (χ3n) is 4.32. The number of aryl methyl sites for hydroxylation is 1. The van der Waals surface area contributed by atoms with E-state index in [0.29, 0.717) is 16.1 Å². The highest BCUT2D eigenvalue weighted by Crippen LogP contribution is 2.29. The first-order chi connectivity index (χ1) is 15.2. The van der Waals surface area contributed by atoms with Crippen LogP contribution in [0.3, 0.4) is 0 Å². The molecule has 0 radical (unpaired) electrons. The summed E-state index contributed by atoms with van der Waals surface area (Å²) in [6.07, 6.45) is 0.786. The average Bonchev–Trinajstić information content (AvgIpc) is 3.45. The molecule has 2 aromatic carbocycles. The number of nitrogens with zero attached hydrogens (tertiary/aromatic N) is 5. The van der Waals surface area contributed by atoms with E-state index in [0.717, 1.165) is 28.4 Å². The van der Waals surface area contributed by atoms with Gasteiger partial charge in [-0.3, -0.25) is 14.7 Å². The summed E-state index contributed by atoms with van der Waals surface area (Å²) in [5.74, 6) is 1.40. The highest BCUT2D eigenvalue weighted by molar-refractivity contribution is 7.99. The van der Waals surface area contributed by atoms with E-state index in [-0.39, 0.29) is 11.7 Å². The Balaban J connectivity index is 1.59. The number of amides is 1. The first kappa shape index (κ1) is 21.0. The molecule has 0 unspecified atom stereocenters. The van der Waals surface area contributed by atoms with E-state index in [1.54, 1.807) is 7.11 Å². The lowest BCUT2D eigenvalue weighted by Gasteiger charge is -2.11. The normalized spacial score (nSPS) is 10.8. The molecule has 0 saturated heterocycles. The van der Waals surface area contributed by atoms with E-state index in [9.17, 15) is 4.79 Å². The van der Waals surface area contributed by atoms with Crippen molar-refractivity contribution in [1.29, 1.82) is 0 Å². The summed E-state index contributed by atoms with van der Waals surface area (Å²) in [6, 6.07) is 17.5. The number of hydrogen-bond donors (Lipinski definition) is 1. The van der Waals surface area contributed by atoms with Crippen LogP contribution in [0.2, 0.25) is 0 Å². The molecule has 0 aliphatic rings. The van der Waals surface area contributed by atoms with Gasteiger partial charge in [-0.2, -0.15) is 0 Å². The molecule has 0 bridgehead atoms. The third-order valence-corrected chi connectivity index (χ3v) is 6.24. The lowest BCUT2D eigenvalue weighted by atomic mass is 10.2. The smallest absolute Gasteiger partial charge is 0.236 e. The van der Waals surface area contributed by atoms with Crippen molar-refractivity contribution >= 4 is 34.1 Å². The van der Waals surface area contributed by atoms with Gasteiger partial charge in [-0.1, -0.05) is 66.4 Å². The predicted molar refractivity (Wildman–Crippen MR) is 122 cm³/mol. The van der Waals surface area contributed by atoms with Gasteiger partial charge >= 0.3 is 0 Å². The first-order valence-electron chi connectivity index (χ1n) is 9.58. The predicted octanol–water partition coefficient (Wildman–Crippen LogP) is 4.09. The molecule has 0 atom stereocenters. The van der Waals surface area contributed by atoms with Crippen molar-refractivity contribution in [3.8, 4) is 22.8 Å². The van der Waals surface area contributed by atoms with Gasteiger partial charge in [0, 0.05) is 11.6 Å². The summed E-state index contributed by atoms with van der Waals surface area (Å²) in [4.78, 5) is 12.4. The molecule has 2 heterocycles. The van der Waals surface area contributed by atoms with E-state index in [2.05, 4.69) is 25.7 Å². The van der Waals surface area contributed by atoms with Crippen LogP contribution >= 0.6 is 23.1 Å². The number of anilines is 1. The Morgan fingerprint density at radius 1 is 1.10 bits per heavy atom. The van der Waals surface area contributed by atoms with Gasteiger partial charge in [-0.05, 0) is 18.6 Å². The summed E-state index contributed by atoms with van der Waals surface area (Å²) >= 11 is 2.68. The van der Waals surface area contributed by atoms with Crippen LogP contribution in [0.15, 0.2) is 59.8 Å². The maximum Gasteiger partial charge on any atom is 0.236 e. The molecule has 2 aromatic heterocycles. The van der Waals surface area contributed by atoms with Crippen LogP contribution in [0.4, 0.5) is 5.13 Å². The average molecular weight is 453 g/mol. The molecule has 0 aliphatic heterocycles. The molecule has 0 fully saturated rings. The number of rotatable bonds is 8. The quantitative estimate of drug-likeness (QED) is 0.402. The van der Waals surface area contributed by atoms with E-state index in [1.807, 2.05) is 66.1 Å². The lowest BCUT2D eigenvalue weighted by molar-refractivity contribution is -0.113. The monoisotopic (exact) mass is 452 g/mol. The second kappa shape index (κ2) is 9.71. The summed E-state index contributed by atoms with van der Waals surface area (Å²) in [7, 11) is 1.63. The van der Waals surface area contributed by atoms with E-state index in [4.69, 9.17) is 4.74 Å². The highest BCUT2D eigenvalue weighted by Gasteiger charge is 2.18. The van der Waals surface area contributed by atoms with Gasteiger partial charge in [0.05, 0.1) is 18.6 Å². The zero-order valence-electron chi connectivity index (χ0n) is 17.0. The minimum Gasteiger partial charge on any atom is -0.497 e. The van der Waals surface area contributed by atoms with Gasteiger partial charge in [0.15, 0.2) is 11.0 Å². The topological polar surface area (TPSA) is 94.8 Å². The molecular weight excluding hydrogens is 432 g/mol. The number of thioether (sulfide) groups is 1. The number of hydrogen-bond acceptors (Lipinski definition) is 8. The largest absolute Gasteiger partial charge is 0.497 e. The van der Waals surface area contributed by atoms with Crippen molar-refractivity contribution in [3.63, 3.8) is 0 Å². The van der Waals surface area contributed by atoms with Gasteiger partial charge in [0.1, 0.15) is 10.8 Å². The number of benzene rings is 2. The van der Waals surface area contributed by atoms with Crippen molar-refractivity contribution in [2.24, 2.45) is 0 Å². The Hall–Kier alpha value is -3.24. The van der Waals surface area contributed by atoms with Crippen molar-refractivity contribution < 1.29 is 9.53 Å². The third kappa shape index (κ3) is 4.92. The number of ether oxygens (including phenoxy) is 1. The number of methoxy groups -OCH3 is 1. The molecule has 0 saturated carbocycles. The summed E-state index contributed by atoms with van der Waals surface area (Å²) < 4.78 is 7.30. The summed E-state index contributed by atoms with van der Waals surface area (Å²) in [5.41, 5.74) is 1.78. The van der Waals surface area contributed by atoms with Crippen molar-refractivity contribution in [2.75, 3.05) is 18.2 Å². The van der Waals surface area contributed by atoms with Crippen molar-refractivity contribution in [1.82, 2.24) is 25.0 Å². The first-order valence-corrected chi connectivity index (χ1v) is 11.4. The number of carbonyl (C=O) groups is 1. The minimum atomic E-state index is -0.176. The molecule has 1 N–H and O–H groups in total. The van der Waals surface area contributed by atoms with Crippen molar-refractivity contribution in [2.45, 2.75) is 18.5 Å². The SMILES string of the molecule is CCc1nnc(NC(=O)CSc2nnc(-c3ccccc3)n2-c2cccc(OC)c2)s1. The fourth-order valence-electron chi connectivity index (χ4n) is 2.85. The van der Waals surface area contributed by atoms with Crippen LogP contribution in [0.5, 0.6) is 5.75 Å².